The van der Waals surface area contributed by atoms with Crippen molar-refractivity contribution in [3.63, 3.8) is 0 Å². The number of para-hydroxylation sites is 2. The highest BCUT2D eigenvalue weighted by atomic mass is 16.3. The third-order valence-corrected chi connectivity index (χ3v) is 10.4. The van der Waals surface area contributed by atoms with Crippen LogP contribution >= 0.6 is 0 Å². The van der Waals surface area contributed by atoms with Gasteiger partial charge in [-0.15, -0.1) is 0 Å². The molecule has 0 radical (unpaired) electrons. The van der Waals surface area contributed by atoms with Gasteiger partial charge in [-0.25, -0.2) is 0 Å². The summed E-state index contributed by atoms with van der Waals surface area (Å²) in [5.41, 5.74) is 11.4. The van der Waals surface area contributed by atoms with Crippen molar-refractivity contribution in [1.29, 1.82) is 5.26 Å². The zero-order valence-electron chi connectivity index (χ0n) is 26.4. The lowest BCUT2D eigenvalue weighted by Gasteiger charge is -2.21. The molecular weight excluding hydrogens is 588 g/mol. The number of allylic oxidation sites excluding steroid dienone is 4. The molecule has 4 nitrogen and oxygen atoms in total. The van der Waals surface area contributed by atoms with E-state index in [0.29, 0.717) is 17.4 Å². The molecule has 0 saturated heterocycles. The van der Waals surface area contributed by atoms with Gasteiger partial charge in [0.15, 0.2) is 0 Å². The molecule has 0 fully saturated rings. The predicted octanol–water partition coefficient (Wildman–Crippen LogP) is 11.4. The summed E-state index contributed by atoms with van der Waals surface area (Å²) in [4.78, 5) is 0. The van der Waals surface area contributed by atoms with E-state index in [0.717, 1.165) is 85.3 Å². The minimum atomic E-state index is 0.330. The number of nitrogens with zero attached hydrogens (tertiary/aromatic N) is 2. The van der Waals surface area contributed by atoms with E-state index in [-0.39, 0.29) is 0 Å². The summed E-state index contributed by atoms with van der Waals surface area (Å²) in [5.74, 6) is 2.80. The number of furan rings is 2. The lowest BCUT2D eigenvalue weighted by molar-refractivity contribution is 0.504. The molecule has 2 atom stereocenters. The molecule has 3 heterocycles. The van der Waals surface area contributed by atoms with Gasteiger partial charge in [0.1, 0.15) is 22.7 Å². The van der Waals surface area contributed by atoms with Crippen molar-refractivity contribution in [2.24, 2.45) is 5.92 Å². The summed E-state index contributed by atoms with van der Waals surface area (Å²) >= 11 is 0. The minimum absolute atomic E-state index is 0.330. The number of benzene rings is 5. The second-order valence-corrected chi connectivity index (χ2v) is 13.1. The Balaban J connectivity index is 1.19. The Bertz CT molecular complexity index is 2670. The van der Waals surface area contributed by atoms with Crippen molar-refractivity contribution in [2.45, 2.75) is 25.7 Å². The zero-order chi connectivity index (χ0) is 31.9. The highest BCUT2D eigenvalue weighted by Crippen LogP contribution is 2.48. The molecule has 2 aliphatic rings. The molecule has 0 saturated carbocycles. The predicted molar refractivity (Wildman–Crippen MR) is 194 cm³/mol. The smallest absolute Gasteiger partial charge is 0.134 e. The first kappa shape index (κ1) is 27.1. The van der Waals surface area contributed by atoms with Gasteiger partial charge in [-0.1, -0.05) is 85.8 Å². The maximum Gasteiger partial charge on any atom is 0.134 e. The Morgan fingerprint density at radius 2 is 1.31 bits per heavy atom. The number of hydrogen-bond acceptors (Lipinski definition) is 3. The first-order valence-electron chi connectivity index (χ1n) is 16.7. The molecular formula is C44H30N2O2. The van der Waals surface area contributed by atoms with Crippen molar-refractivity contribution in [2.75, 3.05) is 0 Å². The second-order valence-electron chi connectivity index (χ2n) is 13.1. The Kier molecular flexibility index (Phi) is 5.77. The van der Waals surface area contributed by atoms with Crippen LogP contribution in [0, 0.1) is 17.2 Å². The maximum absolute atomic E-state index is 9.98. The molecule has 0 N–H and O–H groups in total. The van der Waals surface area contributed by atoms with E-state index in [2.05, 4.69) is 133 Å². The van der Waals surface area contributed by atoms with E-state index < -0.39 is 0 Å². The van der Waals surface area contributed by atoms with Gasteiger partial charge in [0, 0.05) is 57.0 Å². The third kappa shape index (κ3) is 3.88. The van der Waals surface area contributed by atoms with Crippen LogP contribution in [0.3, 0.4) is 0 Å². The van der Waals surface area contributed by atoms with Gasteiger partial charge < -0.3 is 13.4 Å². The van der Waals surface area contributed by atoms with Crippen molar-refractivity contribution >= 4 is 43.7 Å². The van der Waals surface area contributed by atoms with E-state index in [9.17, 15) is 5.26 Å². The lowest BCUT2D eigenvalue weighted by Crippen LogP contribution is -2.07. The monoisotopic (exact) mass is 618 g/mol. The summed E-state index contributed by atoms with van der Waals surface area (Å²) in [6.07, 6.45) is 10.5. The maximum atomic E-state index is 9.98. The Morgan fingerprint density at radius 3 is 2.00 bits per heavy atom. The van der Waals surface area contributed by atoms with Crippen molar-refractivity contribution in [3.8, 4) is 34.0 Å². The third-order valence-electron chi connectivity index (χ3n) is 10.4. The van der Waals surface area contributed by atoms with Gasteiger partial charge >= 0.3 is 0 Å². The van der Waals surface area contributed by atoms with Gasteiger partial charge in [0.25, 0.3) is 0 Å². The van der Waals surface area contributed by atoms with Crippen LogP contribution in [0.25, 0.3) is 71.7 Å². The van der Waals surface area contributed by atoms with E-state index >= 15 is 0 Å². The van der Waals surface area contributed by atoms with E-state index in [1.54, 1.807) is 0 Å². The van der Waals surface area contributed by atoms with Crippen molar-refractivity contribution in [1.82, 2.24) is 4.57 Å². The number of nitriles is 1. The molecule has 0 aliphatic heterocycles. The summed E-state index contributed by atoms with van der Waals surface area (Å²) in [6, 6.07) is 38.6. The van der Waals surface area contributed by atoms with E-state index in [1.807, 2.05) is 12.1 Å². The fourth-order valence-corrected chi connectivity index (χ4v) is 8.16. The van der Waals surface area contributed by atoms with Crippen LogP contribution in [0.15, 0.2) is 136 Å². The summed E-state index contributed by atoms with van der Waals surface area (Å²) in [7, 11) is 0. The van der Waals surface area contributed by atoms with Gasteiger partial charge in [-0.2, -0.15) is 5.26 Å². The van der Waals surface area contributed by atoms with Crippen LogP contribution in [0.5, 0.6) is 0 Å². The Morgan fingerprint density at radius 1 is 0.667 bits per heavy atom. The Hall–Kier alpha value is -6.05. The average Bonchev–Trinajstić information content (AvgIpc) is 3.80. The zero-order valence-corrected chi connectivity index (χ0v) is 26.4. The largest absolute Gasteiger partial charge is 0.460 e. The molecule has 0 amide bonds. The molecule has 10 rings (SSSR count). The first-order valence-corrected chi connectivity index (χ1v) is 16.7. The molecule has 4 heteroatoms. The molecule has 0 bridgehead atoms. The van der Waals surface area contributed by atoms with Crippen molar-refractivity contribution in [3.05, 3.63) is 150 Å². The molecule has 0 spiro atoms. The summed E-state index contributed by atoms with van der Waals surface area (Å²) in [5, 5.41) is 14.6. The van der Waals surface area contributed by atoms with Crippen LogP contribution < -0.4 is 0 Å². The van der Waals surface area contributed by atoms with Crippen LogP contribution in [0.2, 0.25) is 0 Å². The van der Waals surface area contributed by atoms with E-state index in [1.165, 1.54) is 16.3 Å². The molecule has 48 heavy (non-hydrogen) atoms. The topological polar surface area (TPSA) is 55.0 Å². The van der Waals surface area contributed by atoms with Gasteiger partial charge in [0.05, 0.1) is 28.4 Å². The minimum Gasteiger partial charge on any atom is -0.460 e. The molecule has 228 valence electrons. The fraction of sp³-hybridized carbons (Fsp3) is 0.114. The van der Waals surface area contributed by atoms with Crippen LogP contribution in [0.1, 0.15) is 35.5 Å². The molecule has 8 aromatic rings. The van der Waals surface area contributed by atoms with Gasteiger partial charge in [0.2, 0.25) is 0 Å². The summed E-state index contributed by atoms with van der Waals surface area (Å²) < 4.78 is 15.4. The second kappa shape index (κ2) is 10.2. The van der Waals surface area contributed by atoms with E-state index in [4.69, 9.17) is 8.83 Å². The normalized spacial score (nSPS) is 16.9. The average molecular weight is 619 g/mol. The number of hydrogen-bond donors (Lipinski definition) is 0. The number of rotatable bonds is 3. The van der Waals surface area contributed by atoms with Crippen LogP contribution in [-0.4, -0.2) is 4.57 Å². The molecule has 5 aromatic carbocycles. The molecule has 2 unspecified atom stereocenters. The highest BCUT2D eigenvalue weighted by Gasteiger charge is 2.29. The van der Waals surface area contributed by atoms with Crippen molar-refractivity contribution < 1.29 is 8.83 Å². The number of fused-ring (bicyclic) bond motifs is 10. The highest BCUT2D eigenvalue weighted by molar-refractivity contribution is 6.10. The fourth-order valence-electron chi connectivity index (χ4n) is 8.16. The lowest BCUT2D eigenvalue weighted by atomic mass is 9.83. The Labute approximate surface area is 277 Å². The SMILES string of the molecule is CC1C=CC=CC1c1ccc2oc3c(c2c1)-c1c(oc2ccc(-c4ccc(C#N)cc4-n4c5ccccc5c5ccccc54)cc12)CC3. The quantitative estimate of drug-likeness (QED) is 0.198. The number of aryl methyl sites for hydroxylation is 2. The first-order chi connectivity index (χ1) is 23.7. The van der Waals surface area contributed by atoms with Gasteiger partial charge in [-0.05, 0) is 65.6 Å². The molecule has 3 aromatic heterocycles. The van der Waals surface area contributed by atoms with Gasteiger partial charge in [-0.3, -0.25) is 0 Å². The van der Waals surface area contributed by atoms with Crippen LogP contribution in [-0.2, 0) is 12.8 Å². The summed E-state index contributed by atoms with van der Waals surface area (Å²) in [6.45, 7) is 2.28. The number of aromatic nitrogens is 1. The standard InChI is InChI=1S/C44H30N2O2/c1-26-8-2-3-9-30(26)28-15-18-39-34(23-28)43-41(47-39)20-21-42-44(43)35-24-29(16-19-40(35)48-42)31-17-14-27(25-45)22-38(31)46-36-12-6-4-10-32(36)33-11-5-7-13-37(33)46/h2-19,22-24,26,30H,20-21H2,1H3. The van der Waals surface area contributed by atoms with Crippen LogP contribution in [0.4, 0.5) is 0 Å². The molecule has 2 aliphatic carbocycles.